The van der Waals surface area contributed by atoms with Crippen LogP contribution in [0.15, 0.2) is 18.5 Å². The van der Waals surface area contributed by atoms with Crippen LogP contribution in [-0.2, 0) is 7.05 Å². The quantitative estimate of drug-likeness (QED) is 0.835. The van der Waals surface area contributed by atoms with Crippen molar-refractivity contribution in [3.63, 3.8) is 0 Å². The lowest BCUT2D eigenvalue weighted by atomic mass is 10.2. The number of hydrogen-bond acceptors (Lipinski definition) is 5. The number of aromatic nitrogens is 4. The molecule has 88 valence electrons. The summed E-state index contributed by atoms with van der Waals surface area (Å²) in [7, 11) is 3.01. The van der Waals surface area contributed by atoms with Crippen molar-refractivity contribution in [3.8, 4) is 17.3 Å². The number of ether oxygens (including phenoxy) is 1. The fourth-order valence-electron chi connectivity index (χ4n) is 1.47. The molecular formula is C10H10N4O3. The summed E-state index contributed by atoms with van der Waals surface area (Å²) in [6.45, 7) is 0. The maximum atomic E-state index is 11.1. The van der Waals surface area contributed by atoms with Gasteiger partial charge in [-0.1, -0.05) is 0 Å². The van der Waals surface area contributed by atoms with Crippen molar-refractivity contribution >= 4 is 5.97 Å². The van der Waals surface area contributed by atoms with Gasteiger partial charge in [-0.2, -0.15) is 10.1 Å². The molecular weight excluding hydrogens is 224 g/mol. The smallest absolute Gasteiger partial charge is 0.354 e. The number of aromatic carboxylic acids is 1. The van der Waals surface area contributed by atoms with E-state index in [2.05, 4.69) is 15.1 Å². The van der Waals surface area contributed by atoms with Crippen LogP contribution in [0.1, 0.15) is 10.5 Å². The van der Waals surface area contributed by atoms with Gasteiger partial charge in [0.2, 0.25) is 0 Å². The van der Waals surface area contributed by atoms with Crippen molar-refractivity contribution in [1.82, 2.24) is 19.7 Å². The van der Waals surface area contributed by atoms with Crippen LogP contribution in [-0.4, -0.2) is 37.9 Å². The third kappa shape index (κ3) is 1.94. The molecule has 0 unspecified atom stereocenters. The van der Waals surface area contributed by atoms with Crippen LogP contribution in [0.3, 0.4) is 0 Å². The van der Waals surface area contributed by atoms with Crippen LogP contribution in [0.4, 0.5) is 0 Å². The van der Waals surface area contributed by atoms with E-state index in [0.29, 0.717) is 11.3 Å². The Kier molecular flexibility index (Phi) is 2.73. The summed E-state index contributed by atoms with van der Waals surface area (Å²) in [6, 6.07) is 1.79. The monoisotopic (exact) mass is 234 g/mol. The molecule has 0 bridgehead atoms. The molecule has 0 aliphatic heterocycles. The molecule has 0 fully saturated rings. The third-order valence-electron chi connectivity index (χ3n) is 2.23. The zero-order valence-corrected chi connectivity index (χ0v) is 9.28. The molecule has 0 spiro atoms. The summed E-state index contributed by atoms with van der Waals surface area (Å²) < 4.78 is 6.17. The van der Waals surface area contributed by atoms with Gasteiger partial charge in [0, 0.05) is 13.2 Å². The standard InChI is InChI=1S/C10H10N4O3/c1-14-8(9(15)16)6(5-12-14)7-3-4-11-10(13-7)17-2/h3-5H,1-2H3,(H,15,16). The average molecular weight is 234 g/mol. The Hall–Kier alpha value is -2.44. The first-order valence-electron chi connectivity index (χ1n) is 4.76. The molecule has 0 amide bonds. The topological polar surface area (TPSA) is 90.1 Å². The lowest BCUT2D eigenvalue weighted by Crippen LogP contribution is -2.07. The molecule has 2 rings (SSSR count). The Morgan fingerprint density at radius 2 is 2.29 bits per heavy atom. The fourth-order valence-corrected chi connectivity index (χ4v) is 1.47. The van der Waals surface area contributed by atoms with Gasteiger partial charge in [-0.05, 0) is 6.07 Å². The highest BCUT2D eigenvalue weighted by molar-refractivity contribution is 5.93. The van der Waals surface area contributed by atoms with Gasteiger partial charge in [0.15, 0.2) is 5.69 Å². The van der Waals surface area contributed by atoms with Gasteiger partial charge >= 0.3 is 12.0 Å². The predicted molar refractivity (Wildman–Crippen MR) is 57.7 cm³/mol. The highest BCUT2D eigenvalue weighted by Crippen LogP contribution is 2.22. The first kappa shape index (κ1) is 11.1. The van der Waals surface area contributed by atoms with Crippen molar-refractivity contribution in [2.75, 3.05) is 7.11 Å². The van der Waals surface area contributed by atoms with E-state index in [1.165, 1.54) is 24.2 Å². The summed E-state index contributed by atoms with van der Waals surface area (Å²) >= 11 is 0. The number of carbonyl (C=O) groups is 1. The van der Waals surface area contributed by atoms with Crippen LogP contribution in [0.25, 0.3) is 11.3 Å². The molecule has 0 saturated heterocycles. The van der Waals surface area contributed by atoms with E-state index in [4.69, 9.17) is 9.84 Å². The molecule has 2 heterocycles. The molecule has 17 heavy (non-hydrogen) atoms. The second kappa shape index (κ2) is 4.20. The van der Waals surface area contributed by atoms with Crippen molar-refractivity contribution in [2.45, 2.75) is 0 Å². The number of nitrogens with zero attached hydrogens (tertiary/aromatic N) is 4. The normalized spacial score (nSPS) is 10.2. The van der Waals surface area contributed by atoms with E-state index < -0.39 is 5.97 Å². The van der Waals surface area contributed by atoms with Crippen molar-refractivity contribution < 1.29 is 14.6 Å². The summed E-state index contributed by atoms with van der Waals surface area (Å²) in [5.74, 6) is -1.06. The molecule has 0 atom stereocenters. The van der Waals surface area contributed by atoms with Crippen molar-refractivity contribution in [3.05, 3.63) is 24.2 Å². The van der Waals surface area contributed by atoms with Crippen LogP contribution < -0.4 is 4.74 Å². The summed E-state index contributed by atoms with van der Waals surface area (Å²) in [4.78, 5) is 19.0. The van der Waals surface area contributed by atoms with Gasteiger partial charge in [-0.3, -0.25) is 4.68 Å². The predicted octanol–water partition coefficient (Wildman–Crippen LogP) is 0.584. The van der Waals surface area contributed by atoms with E-state index >= 15 is 0 Å². The second-order valence-electron chi connectivity index (χ2n) is 3.26. The Bertz CT molecular complexity index is 564. The highest BCUT2D eigenvalue weighted by atomic mass is 16.5. The molecule has 0 aromatic carbocycles. The summed E-state index contributed by atoms with van der Waals surface area (Å²) in [6.07, 6.45) is 2.95. The minimum absolute atomic E-state index is 0.0748. The minimum atomic E-state index is -1.06. The summed E-state index contributed by atoms with van der Waals surface area (Å²) in [5, 5.41) is 13.0. The van der Waals surface area contributed by atoms with E-state index in [1.807, 2.05) is 0 Å². The van der Waals surface area contributed by atoms with Gasteiger partial charge in [-0.25, -0.2) is 9.78 Å². The maximum absolute atomic E-state index is 11.1. The molecule has 1 N–H and O–H groups in total. The number of carboxylic acids is 1. The van der Waals surface area contributed by atoms with Crippen molar-refractivity contribution in [2.24, 2.45) is 7.05 Å². The first-order chi connectivity index (χ1) is 8.13. The average Bonchev–Trinajstić information content (AvgIpc) is 2.71. The molecule has 0 aliphatic rings. The molecule has 7 heteroatoms. The highest BCUT2D eigenvalue weighted by Gasteiger charge is 2.18. The van der Waals surface area contributed by atoms with Gasteiger partial charge < -0.3 is 9.84 Å². The Balaban J connectivity index is 2.56. The second-order valence-corrected chi connectivity index (χ2v) is 3.26. The Morgan fingerprint density at radius 1 is 1.53 bits per heavy atom. The van der Waals surface area contributed by atoms with Crippen LogP contribution in [0, 0.1) is 0 Å². The van der Waals surface area contributed by atoms with E-state index in [9.17, 15) is 4.79 Å². The minimum Gasteiger partial charge on any atom is -0.477 e. The van der Waals surface area contributed by atoms with Gasteiger partial charge in [-0.15, -0.1) is 0 Å². The lowest BCUT2D eigenvalue weighted by Gasteiger charge is -2.02. The van der Waals surface area contributed by atoms with Gasteiger partial charge in [0.25, 0.3) is 0 Å². The molecule has 2 aromatic heterocycles. The van der Waals surface area contributed by atoms with Crippen molar-refractivity contribution in [1.29, 1.82) is 0 Å². The van der Waals surface area contributed by atoms with Crippen LogP contribution in [0.2, 0.25) is 0 Å². The number of methoxy groups -OCH3 is 1. The van der Waals surface area contributed by atoms with Crippen LogP contribution in [0.5, 0.6) is 6.01 Å². The third-order valence-corrected chi connectivity index (χ3v) is 2.23. The maximum Gasteiger partial charge on any atom is 0.354 e. The number of hydrogen-bond donors (Lipinski definition) is 1. The Labute approximate surface area is 96.7 Å². The zero-order valence-electron chi connectivity index (χ0n) is 9.28. The number of rotatable bonds is 3. The first-order valence-corrected chi connectivity index (χ1v) is 4.76. The largest absolute Gasteiger partial charge is 0.477 e. The Morgan fingerprint density at radius 3 is 2.94 bits per heavy atom. The van der Waals surface area contributed by atoms with Crippen LogP contribution >= 0.6 is 0 Å². The van der Waals surface area contributed by atoms with Gasteiger partial charge in [0.05, 0.1) is 24.6 Å². The number of aryl methyl sites for hydroxylation is 1. The van der Waals surface area contributed by atoms with Gasteiger partial charge in [0.1, 0.15) is 0 Å². The van der Waals surface area contributed by atoms with E-state index in [-0.39, 0.29) is 11.7 Å². The fraction of sp³-hybridized carbons (Fsp3) is 0.200. The molecule has 2 aromatic rings. The summed E-state index contributed by atoms with van der Waals surface area (Å²) in [5.41, 5.74) is 0.966. The SMILES string of the molecule is COc1nccc(-c2cnn(C)c2C(=O)O)n1. The molecule has 0 radical (unpaired) electrons. The lowest BCUT2D eigenvalue weighted by molar-refractivity contribution is 0.0686. The molecule has 0 aliphatic carbocycles. The van der Waals surface area contributed by atoms with E-state index in [0.717, 1.165) is 0 Å². The van der Waals surface area contributed by atoms with E-state index in [1.54, 1.807) is 13.1 Å². The molecule has 7 nitrogen and oxygen atoms in total. The number of carboxylic acid groups (broad SMARTS) is 1. The zero-order chi connectivity index (χ0) is 12.4. The molecule has 0 saturated carbocycles.